The Labute approximate surface area is 158 Å². The summed E-state index contributed by atoms with van der Waals surface area (Å²) in [5.41, 5.74) is 4.44. The number of methoxy groups -OCH3 is 1. The molecule has 3 rings (SSSR count). The first kappa shape index (κ1) is 18.7. The highest BCUT2D eigenvalue weighted by molar-refractivity contribution is 6.09. The molecule has 1 aliphatic rings. The van der Waals surface area contributed by atoms with Crippen molar-refractivity contribution in [3.05, 3.63) is 70.3 Å². The molecule has 27 heavy (non-hydrogen) atoms. The molecular formula is C22H23NO4. The van der Waals surface area contributed by atoms with Crippen LogP contribution in [0.15, 0.2) is 42.5 Å². The minimum Gasteiger partial charge on any atom is -0.497 e. The molecule has 0 fully saturated rings. The average Bonchev–Trinajstić information content (AvgIpc) is 2.61. The minimum absolute atomic E-state index is 0.154. The fourth-order valence-electron chi connectivity index (χ4n) is 3.40. The first-order valence-corrected chi connectivity index (χ1v) is 8.75. The van der Waals surface area contributed by atoms with Gasteiger partial charge in [0, 0.05) is 28.4 Å². The molecule has 0 bridgehead atoms. The zero-order valence-electron chi connectivity index (χ0n) is 15.9. The summed E-state index contributed by atoms with van der Waals surface area (Å²) in [6.07, 6.45) is 2.42. The van der Waals surface area contributed by atoms with Crippen LogP contribution in [0.25, 0.3) is 5.70 Å². The molecule has 0 unspecified atom stereocenters. The van der Waals surface area contributed by atoms with Crippen LogP contribution >= 0.6 is 0 Å². The maximum atomic E-state index is 12.8. The Morgan fingerprint density at radius 2 is 1.78 bits per heavy atom. The number of carbonyl (C=O) groups is 2. The second-order valence-corrected chi connectivity index (χ2v) is 7.46. The standard InChI is InChI=1S/C22H23NO4/c1-13-9-16(27-4)10-17-18(13)12-22(2,3)23-19(17)11-20(24)14-5-7-15(8-6-14)21(25)26/h5-11,23H,12H2,1-4H3,(H,25,26). The highest BCUT2D eigenvalue weighted by Crippen LogP contribution is 2.34. The monoisotopic (exact) mass is 365 g/mol. The number of aromatic carboxylic acids is 1. The number of rotatable bonds is 4. The Morgan fingerprint density at radius 1 is 1.15 bits per heavy atom. The summed E-state index contributed by atoms with van der Waals surface area (Å²) in [6, 6.07) is 9.89. The third-order valence-electron chi connectivity index (χ3n) is 4.76. The van der Waals surface area contributed by atoms with Crippen molar-refractivity contribution in [2.45, 2.75) is 32.7 Å². The summed E-state index contributed by atoms with van der Waals surface area (Å²) in [4.78, 5) is 23.7. The summed E-state index contributed by atoms with van der Waals surface area (Å²) in [5.74, 6) is -0.449. The van der Waals surface area contributed by atoms with Gasteiger partial charge in [0.05, 0.1) is 12.7 Å². The molecule has 0 saturated carbocycles. The zero-order chi connectivity index (χ0) is 19.8. The Bertz CT molecular complexity index is 940. The van der Waals surface area contributed by atoms with Crippen LogP contribution in [0.1, 0.15) is 51.3 Å². The van der Waals surface area contributed by atoms with Gasteiger partial charge in [-0.3, -0.25) is 4.79 Å². The molecule has 0 aromatic heterocycles. The number of carbonyl (C=O) groups excluding carboxylic acids is 1. The van der Waals surface area contributed by atoms with Crippen LogP contribution in [0, 0.1) is 6.92 Å². The number of nitrogens with one attached hydrogen (secondary N) is 1. The third-order valence-corrected chi connectivity index (χ3v) is 4.76. The second-order valence-electron chi connectivity index (χ2n) is 7.46. The number of ketones is 1. The lowest BCUT2D eigenvalue weighted by Gasteiger charge is -2.36. The summed E-state index contributed by atoms with van der Waals surface area (Å²) < 4.78 is 5.39. The second kappa shape index (κ2) is 6.91. The smallest absolute Gasteiger partial charge is 0.335 e. The molecule has 2 N–H and O–H groups in total. The number of benzene rings is 2. The lowest BCUT2D eigenvalue weighted by molar-refractivity contribution is 0.0696. The van der Waals surface area contributed by atoms with Crippen molar-refractivity contribution >= 4 is 17.4 Å². The molecule has 0 amide bonds. The van der Waals surface area contributed by atoms with E-state index in [2.05, 4.69) is 19.2 Å². The van der Waals surface area contributed by atoms with E-state index in [1.165, 1.54) is 29.8 Å². The van der Waals surface area contributed by atoms with Crippen LogP contribution in [0.2, 0.25) is 0 Å². The van der Waals surface area contributed by atoms with Gasteiger partial charge in [-0.15, -0.1) is 0 Å². The molecule has 0 saturated heterocycles. The van der Waals surface area contributed by atoms with Crippen molar-refractivity contribution in [3.8, 4) is 5.75 Å². The number of aryl methyl sites for hydroxylation is 1. The van der Waals surface area contributed by atoms with Gasteiger partial charge in [0.1, 0.15) is 5.75 Å². The molecule has 0 aliphatic carbocycles. The normalized spacial score (nSPS) is 16.4. The number of allylic oxidation sites excluding steroid dienone is 1. The molecule has 0 atom stereocenters. The van der Waals surface area contributed by atoms with E-state index >= 15 is 0 Å². The highest BCUT2D eigenvalue weighted by Gasteiger charge is 2.29. The first-order chi connectivity index (χ1) is 12.7. The van der Waals surface area contributed by atoms with Gasteiger partial charge in [0.15, 0.2) is 5.78 Å². The summed E-state index contributed by atoms with van der Waals surface area (Å²) in [7, 11) is 1.62. The van der Waals surface area contributed by atoms with Crippen LogP contribution in [-0.4, -0.2) is 29.5 Å². The Kier molecular flexibility index (Phi) is 4.79. The molecule has 5 heteroatoms. The van der Waals surface area contributed by atoms with Gasteiger partial charge in [-0.25, -0.2) is 4.79 Å². The summed E-state index contributed by atoms with van der Waals surface area (Å²) >= 11 is 0. The molecular weight excluding hydrogens is 342 g/mol. The lowest BCUT2D eigenvalue weighted by Crippen LogP contribution is -2.44. The predicted octanol–water partition coefficient (Wildman–Crippen LogP) is 3.85. The Morgan fingerprint density at radius 3 is 2.37 bits per heavy atom. The highest BCUT2D eigenvalue weighted by atomic mass is 16.5. The number of carboxylic acids is 1. The molecule has 1 aliphatic heterocycles. The maximum absolute atomic E-state index is 12.8. The quantitative estimate of drug-likeness (QED) is 0.636. The molecule has 2 aromatic carbocycles. The lowest BCUT2D eigenvalue weighted by atomic mass is 9.83. The largest absolute Gasteiger partial charge is 0.497 e. The fraction of sp³-hybridized carbons (Fsp3) is 0.273. The molecule has 1 heterocycles. The van der Waals surface area contributed by atoms with Gasteiger partial charge in [-0.2, -0.15) is 0 Å². The van der Waals surface area contributed by atoms with E-state index in [1.807, 2.05) is 19.1 Å². The zero-order valence-corrected chi connectivity index (χ0v) is 15.9. The van der Waals surface area contributed by atoms with Crippen molar-refractivity contribution < 1.29 is 19.4 Å². The summed E-state index contributed by atoms with van der Waals surface area (Å²) in [6.45, 7) is 6.24. The maximum Gasteiger partial charge on any atom is 0.335 e. The summed E-state index contributed by atoms with van der Waals surface area (Å²) in [5, 5.41) is 12.4. The van der Waals surface area contributed by atoms with Gasteiger partial charge in [-0.05, 0) is 62.6 Å². The minimum atomic E-state index is -1.01. The van der Waals surface area contributed by atoms with E-state index < -0.39 is 5.97 Å². The molecule has 0 radical (unpaired) electrons. The van der Waals surface area contributed by atoms with Crippen LogP contribution < -0.4 is 10.1 Å². The average molecular weight is 365 g/mol. The van der Waals surface area contributed by atoms with Crippen molar-refractivity contribution in [1.82, 2.24) is 5.32 Å². The van der Waals surface area contributed by atoms with E-state index in [4.69, 9.17) is 9.84 Å². The van der Waals surface area contributed by atoms with Gasteiger partial charge in [-0.1, -0.05) is 12.1 Å². The molecule has 0 spiro atoms. The van der Waals surface area contributed by atoms with Crippen molar-refractivity contribution in [3.63, 3.8) is 0 Å². The van der Waals surface area contributed by atoms with Crippen molar-refractivity contribution in [2.24, 2.45) is 0 Å². The fourth-order valence-corrected chi connectivity index (χ4v) is 3.40. The number of carboxylic acid groups (broad SMARTS) is 1. The van der Waals surface area contributed by atoms with Crippen LogP contribution in [-0.2, 0) is 6.42 Å². The first-order valence-electron chi connectivity index (χ1n) is 8.75. The number of fused-ring (bicyclic) bond motifs is 1. The molecule has 140 valence electrons. The number of hydrogen-bond donors (Lipinski definition) is 2. The Balaban J connectivity index is 2.03. The number of hydrogen-bond acceptors (Lipinski definition) is 4. The molecule has 5 nitrogen and oxygen atoms in total. The van der Waals surface area contributed by atoms with Gasteiger partial charge in [0.25, 0.3) is 0 Å². The number of ether oxygens (including phenoxy) is 1. The van der Waals surface area contributed by atoms with Crippen LogP contribution in [0.5, 0.6) is 5.75 Å². The van der Waals surface area contributed by atoms with E-state index in [9.17, 15) is 9.59 Å². The van der Waals surface area contributed by atoms with Gasteiger partial charge in [0.2, 0.25) is 0 Å². The van der Waals surface area contributed by atoms with Crippen LogP contribution in [0.3, 0.4) is 0 Å². The topological polar surface area (TPSA) is 75.6 Å². The Hall–Kier alpha value is -3.08. The van der Waals surface area contributed by atoms with Gasteiger partial charge < -0.3 is 15.2 Å². The predicted molar refractivity (Wildman–Crippen MR) is 104 cm³/mol. The van der Waals surface area contributed by atoms with E-state index in [-0.39, 0.29) is 16.9 Å². The SMILES string of the molecule is COc1cc(C)c2c(c1)C(=CC(=O)c1ccc(C(=O)O)cc1)NC(C)(C)C2. The molecule has 2 aromatic rings. The van der Waals surface area contributed by atoms with E-state index in [0.717, 1.165) is 29.0 Å². The van der Waals surface area contributed by atoms with E-state index in [0.29, 0.717) is 5.56 Å². The van der Waals surface area contributed by atoms with Crippen molar-refractivity contribution in [2.75, 3.05) is 7.11 Å². The van der Waals surface area contributed by atoms with E-state index in [1.54, 1.807) is 13.2 Å². The third kappa shape index (κ3) is 3.87. The van der Waals surface area contributed by atoms with Gasteiger partial charge >= 0.3 is 5.97 Å². The van der Waals surface area contributed by atoms with Crippen LogP contribution in [0.4, 0.5) is 0 Å². The van der Waals surface area contributed by atoms with Crippen molar-refractivity contribution in [1.29, 1.82) is 0 Å².